The molecular formula is C10H20N4O. The van der Waals surface area contributed by atoms with E-state index in [1.165, 1.54) is 0 Å². The Morgan fingerprint density at radius 3 is 2.80 bits per heavy atom. The maximum Gasteiger partial charge on any atom is 0.315 e. The van der Waals surface area contributed by atoms with E-state index in [2.05, 4.69) is 34.7 Å². The van der Waals surface area contributed by atoms with Crippen LogP contribution in [0.25, 0.3) is 0 Å². The third-order valence-corrected chi connectivity index (χ3v) is 2.08. The second-order valence-corrected chi connectivity index (χ2v) is 3.62. The van der Waals surface area contributed by atoms with Gasteiger partial charge in [-0.15, -0.1) is 5.10 Å². The highest BCUT2D eigenvalue weighted by atomic mass is 16.4. The zero-order valence-electron chi connectivity index (χ0n) is 9.71. The van der Waals surface area contributed by atoms with E-state index >= 15 is 0 Å². The van der Waals surface area contributed by atoms with E-state index in [0.29, 0.717) is 24.5 Å². The van der Waals surface area contributed by atoms with Crippen LogP contribution in [0.5, 0.6) is 0 Å². The monoisotopic (exact) mass is 212 g/mol. The fourth-order valence-corrected chi connectivity index (χ4v) is 1.33. The van der Waals surface area contributed by atoms with Crippen LogP contribution >= 0.6 is 0 Å². The van der Waals surface area contributed by atoms with E-state index in [1.807, 2.05) is 6.92 Å². The zero-order chi connectivity index (χ0) is 11.1. The van der Waals surface area contributed by atoms with Gasteiger partial charge >= 0.3 is 6.01 Å². The van der Waals surface area contributed by atoms with Crippen molar-refractivity contribution in [2.45, 2.75) is 46.2 Å². The second kappa shape index (κ2) is 6.40. The normalized spacial score (nSPS) is 12.7. The predicted molar refractivity (Wildman–Crippen MR) is 59.7 cm³/mol. The van der Waals surface area contributed by atoms with Crippen molar-refractivity contribution in [3.05, 3.63) is 5.89 Å². The Balaban J connectivity index is 2.38. The van der Waals surface area contributed by atoms with Crippen molar-refractivity contribution in [1.82, 2.24) is 15.5 Å². The quantitative estimate of drug-likeness (QED) is 0.721. The number of rotatable bonds is 7. The third kappa shape index (κ3) is 4.29. The van der Waals surface area contributed by atoms with Gasteiger partial charge in [0.25, 0.3) is 0 Å². The molecule has 0 saturated carbocycles. The molecule has 5 nitrogen and oxygen atoms in total. The van der Waals surface area contributed by atoms with Gasteiger partial charge in [0.1, 0.15) is 0 Å². The van der Waals surface area contributed by atoms with Crippen molar-refractivity contribution in [1.29, 1.82) is 0 Å². The number of anilines is 1. The van der Waals surface area contributed by atoms with E-state index < -0.39 is 0 Å². The highest BCUT2D eigenvalue weighted by Crippen LogP contribution is 2.08. The molecule has 0 radical (unpaired) electrons. The van der Waals surface area contributed by atoms with Gasteiger partial charge in [0, 0.05) is 6.04 Å². The Labute approximate surface area is 90.7 Å². The summed E-state index contributed by atoms with van der Waals surface area (Å²) in [5, 5.41) is 14.2. The maximum absolute atomic E-state index is 5.41. The molecule has 15 heavy (non-hydrogen) atoms. The molecule has 1 aromatic heterocycles. The summed E-state index contributed by atoms with van der Waals surface area (Å²) in [7, 11) is 0. The number of nitrogens with one attached hydrogen (secondary N) is 2. The molecule has 0 aromatic carbocycles. The molecule has 0 aliphatic rings. The Kier molecular flexibility index (Phi) is 5.10. The Morgan fingerprint density at radius 1 is 1.33 bits per heavy atom. The molecule has 0 aliphatic carbocycles. The average molecular weight is 212 g/mol. The number of hydrogen-bond acceptors (Lipinski definition) is 5. The first-order chi connectivity index (χ1) is 7.26. The van der Waals surface area contributed by atoms with Crippen molar-refractivity contribution < 1.29 is 4.42 Å². The largest absolute Gasteiger partial charge is 0.407 e. The topological polar surface area (TPSA) is 63.0 Å². The minimum Gasteiger partial charge on any atom is -0.407 e. The molecule has 2 N–H and O–H groups in total. The molecule has 0 bridgehead atoms. The number of hydrogen-bond donors (Lipinski definition) is 2. The van der Waals surface area contributed by atoms with Crippen LogP contribution < -0.4 is 10.6 Å². The summed E-state index contributed by atoms with van der Waals surface area (Å²) in [5.74, 6) is 0.628. The first-order valence-corrected chi connectivity index (χ1v) is 5.55. The fraction of sp³-hybridized carbons (Fsp3) is 0.800. The summed E-state index contributed by atoms with van der Waals surface area (Å²) in [4.78, 5) is 0. The van der Waals surface area contributed by atoms with Gasteiger partial charge < -0.3 is 15.1 Å². The van der Waals surface area contributed by atoms with Crippen molar-refractivity contribution in [3.63, 3.8) is 0 Å². The van der Waals surface area contributed by atoms with E-state index in [9.17, 15) is 0 Å². The molecule has 1 heterocycles. The highest BCUT2D eigenvalue weighted by Gasteiger charge is 2.07. The summed E-state index contributed by atoms with van der Waals surface area (Å²) in [6, 6.07) is 0.895. The van der Waals surface area contributed by atoms with Gasteiger partial charge in [-0.2, -0.15) is 0 Å². The second-order valence-electron chi connectivity index (χ2n) is 3.62. The van der Waals surface area contributed by atoms with E-state index in [1.54, 1.807) is 0 Å². The molecular weight excluding hydrogens is 192 g/mol. The lowest BCUT2D eigenvalue weighted by molar-refractivity contribution is 0.476. The molecule has 0 saturated heterocycles. The van der Waals surface area contributed by atoms with Gasteiger partial charge in [-0.25, -0.2) is 0 Å². The van der Waals surface area contributed by atoms with Gasteiger partial charge in [0.15, 0.2) is 0 Å². The minimum atomic E-state index is 0.377. The van der Waals surface area contributed by atoms with Crippen LogP contribution in [0.1, 0.15) is 39.5 Å². The Bertz CT molecular complexity index is 274. The van der Waals surface area contributed by atoms with Gasteiger partial charge in [-0.05, 0) is 19.9 Å². The number of aromatic nitrogens is 2. The summed E-state index contributed by atoms with van der Waals surface area (Å²) in [6.45, 7) is 7.84. The van der Waals surface area contributed by atoms with E-state index in [0.717, 1.165) is 19.4 Å². The molecule has 0 aliphatic heterocycles. The number of nitrogens with zero attached hydrogens (tertiary/aromatic N) is 2. The van der Waals surface area contributed by atoms with Crippen molar-refractivity contribution in [2.75, 3.05) is 11.9 Å². The van der Waals surface area contributed by atoms with Crippen LogP contribution in [-0.4, -0.2) is 22.8 Å². The van der Waals surface area contributed by atoms with Gasteiger partial charge in [-0.1, -0.05) is 25.4 Å². The van der Waals surface area contributed by atoms with Crippen LogP contribution in [0.4, 0.5) is 6.01 Å². The van der Waals surface area contributed by atoms with Crippen LogP contribution in [0.2, 0.25) is 0 Å². The SMILES string of the molecule is CCCC(C)Nc1nnc(CNCC)o1. The third-order valence-electron chi connectivity index (χ3n) is 2.08. The average Bonchev–Trinajstić information content (AvgIpc) is 2.63. The molecule has 1 unspecified atom stereocenters. The lowest BCUT2D eigenvalue weighted by Gasteiger charge is -2.09. The Hall–Kier alpha value is -1.10. The fourth-order valence-electron chi connectivity index (χ4n) is 1.33. The van der Waals surface area contributed by atoms with Crippen molar-refractivity contribution in [3.8, 4) is 0 Å². The summed E-state index contributed by atoms with van der Waals surface area (Å²) in [5.41, 5.74) is 0. The first-order valence-electron chi connectivity index (χ1n) is 5.55. The Morgan fingerprint density at radius 2 is 2.13 bits per heavy atom. The predicted octanol–water partition coefficient (Wildman–Crippen LogP) is 1.78. The van der Waals surface area contributed by atoms with Gasteiger partial charge in [0.05, 0.1) is 6.54 Å². The minimum absolute atomic E-state index is 0.377. The molecule has 0 spiro atoms. The zero-order valence-corrected chi connectivity index (χ0v) is 9.71. The standard InChI is InChI=1S/C10H20N4O/c1-4-6-8(3)12-10-14-13-9(15-10)7-11-5-2/h8,11H,4-7H2,1-3H3,(H,12,14). The molecule has 1 atom stereocenters. The first kappa shape index (κ1) is 12.0. The molecule has 0 amide bonds. The van der Waals surface area contributed by atoms with Gasteiger partial charge in [-0.3, -0.25) is 0 Å². The van der Waals surface area contributed by atoms with Crippen molar-refractivity contribution in [2.24, 2.45) is 0 Å². The molecule has 1 aromatic rings. The summed E-state index contributed by atoms with van der Waals surface area (Å²) in [6.07, 6.45) is 2.25. The lowest BCUT2D eigenvalue weighted by atomic mass is 10.2. The van der Waals surface area contributed by atoms with Crippen molar-refractivity contribution >= 4 is 6.01 Å². The van der Waals surface area contributed by atoms with Crippen LogP contribution in [-0.2, 0) is 6.54 Å². The summed E-state index contributed by atoms with van der Waals surface area (Å²) >= 11 is 0. The van der Waals surface area contributed by atoms with E-state index in [4.69, 9.17) is 4.42 Å². The maximum atomic E-state index is 5.41. The molecule has 1 rings (SSSR count). The highest BCUT2D eigenvalue weighted by molar-refractivity contribution is 5.18. The lowest BCUT2D eigenvalue weighted by Crippen LogP contribution is -2.14. The summed E-state index contributed by atoms with van der Waals surface area (Å²) < 4.78 is 5.41. The van der Waals surface area contributed by atoms with Crippen LogP contribution in [0.3, 0.4) is 0 Å². The smallest absolute Gasteiger partial charge is 0.315 e. The van der Waals surface area contributed by atoms with Gasteiger partial charge in [0.2, 0.25) is 5.89 Å². The molecule has 0 fully saturated rings. The van der Waals surface area contributed by atoms with Crippen LogP contribution in [0.15, 0.2) is 4.42 Å². The molecule has 5 heteroatoms. The van der Waals surface area contributed by atoms with E-state index in [-0.39, 0.29) is 0 Å². The van der Waals surface area contributed by atoms with Crippen LogP contribution in [0, 0.1) is 0 Å². The molecule has 86 valence electrons.